The molecule has 2 fully saturated rings. The number of hydrogen-bond donors (Lipinski definition) is 1. The van der Waals surface area contributed by atoms with Gasteiger partial charge >= 0.3 is 0 Å². The van der Waals surface area contributed by atoms with Crippen molar-refractivity contribution in [3.05, 3.63) is 23.5 Å². The first kappa shape index (κ1) is 23.5. The first-order chi connectivity index (χ1) is 14.9. The molecule has 3 atom stereocenters. The molecule has 3 rings (SSSR count). The molecular formula is C24H35FN2O4. The molecule has 0 radical (unpaired) electrons. The van der Waals surface area contributed by atoms with E-state index in [-0.39, 0.29) is 23.1 Å². The number of fused-ring (bicyclic) bond motifs is 2. The first-order valence-corrected chi connectivity index (χ1v) is 11.6. The summed E-state index contributed by atoms with van der Waals surface area (Å²) in [4.78, 5) is 27.8. The molecule has 2 aliphatic rings. The van der Waals surface area contributed by atoms with Crippen molar-refractivity contribution < 1.29 is 23.5 Å². The SMILES string of the molecule is CCCCOc1cc(C(=O)C(=O)NC2C[C@H]3CC[C@@H](C2)N3C)cc(F)c1OCCCC. The number of piperidine rings is 1. The Morgan fingerprint density at radius 3 is 2.29 bits per heavy atom. The summed E-state index contributed by atoms with van der Waals surface area (Å²) in [6.07, 6.45) is 7.38. The van der Waals surface area contributed by atoms with E-state index >= 15 is 0 Å². The number of ketones is 1. The van der Waals surface area contributed by atoms with E-state index in [9.17, 15) is 14.0 Å². The highest BCUT2D eigenvalue weighted by Crippen LogP contribution is 2.35. The highest BCUT2D eigenvalue weighted by atomic mass is 19.1. The summed E-state index contributed by atoms with van der Waals surface area (Å²) in [6, 6.07) is 3.39. The fourth-order valence-electron chi connectivity index (χ4n) is 4.50. The van der Waals surface area contributed by atoms with Crippen molar-refractivity contribution in [2.75, 3.05) is 20.3 Å². The van der Waals surface area contributed by atoms with Gasteiger partial charge in [-0.1, -0.05) is 26.7 Å². The second-order valence-corrected chi connectivity index (χ2v) is 8.71. The summed E-state index contributed by atoms with van der Waals surface area (Å²) >= 11 is 0. The molecule has 1 N–H and O–H groups in total. The molecule has 2 heterocycles. The van der Waals surface area contributed by atoms with Crippen molar-refractivity contribution >= 4 is 11.7 Å². The highest BCUT2D eigenvalue weighted by Gasteiger charge is 2.39. The van der Waals surface area contributed by atoms with E-state index in [4.69, 9.17) is 9.47 Å². The van der Waals surface area contributed by atoms with E-state index in [1.54, 1.807) is 0 Å². The normalized spacial score (nSPS) is 22.9. The molecule has 6 nitrogen and oxygen atoms in total. The minimum Gasteiger partial charge on any atom is -0.490 e. The van der Waals surface area contributed by atoms with Gasteiger partial charge in [0.2, 0.25) is 5.78 Å². The Balaban J connectivity index is 1.70. The summed E-state index contributed by atoms with van der Waals surface area (Å²) in [5, 5.41) is 2.88. The van der Waals surface area contributed by atoms with Crippen molar-refractivity contribution in [3.63, 3.8) is 0 Å². The Morgan fingerprint density at radius 2 is 1.68 bits per heavy atom. The van der Waals surface area contributed by atoms with Crippen LogP contribution < -0.4 is 14.8 Å². The van der Waals surface area contributed by atoms with Crippen LogP contribution in [0.2, 0.25) is 0 Å². The van der Waals surface area contributed by atoms with Crippen LogP contribution in [0.5, 0.6) is 11.5 Å². The van der Waals surface area contributed by atoms with Gasteiger partial charge < -0.3 is 19.7 Å². The zero-order valence-corrected chi connectivity index (χ0v) is 18.9. The molecule has 1 unspecified atom stereocenters. The molecule has 172 valence electrons. The Hall–Kier alpha value is -2.15. The molecule has 2 aliphatic heterocycles. The molecule has 1 aromatic rings. The van der Waals surface area contributed by atoms with E-state index in [2.05, 4.69) is 17.3 Å². The summed E-state index contributed by atoms with van der Waals surface area (Å²) in [6.45, 7) is 4.81. The lowest BCUT2D eigenvalue weighted by atomic mass is 9.97. The molecule has 0 spiro atoms. The van der Waals surface area contributed by atoms with Crippen molar-refractivity contribution in [2.45, 2.75) is 83.3 Å². The highest BCUT2D eigenvalue weighted by molar-refractivity contribution is 6.43. The summed E-state index contributed by atoms with van der Waals surface area (Å²) < 4.78 is 26.1. The molecule has 0 saturated carbocycles. The van der Waals surface area contributed by atoms with Gasteiger partial charge in [0.1, 0.15) is 0 Å². The van der Waals surface area contributed by atoms with Crippen LogP contribution in [0.15, 0.2) is 12.1 Å². The molecule has 7 heteroatoms. The van der Waals surface area contributed by atoms with Crippen LogP contribution in [0.3, 0.4) is 0 Å². The lowest BCUT2D eigenvalue weighted by Crippen LogP contribution is -2.50. The number of nitrogens with one attached hydrogen (secondary N) is 1. The van der Waals surface area contributed by atoms with Crippen LogP contribution in [-0.4, -0.2) is 55.0 Å². The van der Waals surface area contributed by atoms with Gasteiger partial charge in [0.25, 0.3) is 5.91 Å². The third-order valence-corrected chi connectivity index (χ3v) is 6.41. The van der Waals surface area contributed by atoms with Gasteiger partial charge in [0.05, 0.1) is 13.2 Å². The third-order valence-electron chi connectivity index (χ3n) is 6.41. The molecular weight excluding hydrogens is 399 g/mol. The van der Waals surface area contributed by atoms with E-state index in [1.807, 2.05) is 13.8 Å². The lowest BCUT2D eigenvalue weighted by molar-refractivity contribution is -0.118. The fraction of sp³-hybridized carbons (Fsp3) is 0.667. The fourth-order valence-corrected chi connectivity index (χ4v) is 4.50. The number of carbonyl (C=O) groups excluding carboxylic acids is 2. The van der Waals surface area contributed by atoms with Crippen LogP contribution in [0.1, 0.15) is 75.6 Å². The Kier molecular flexibility index (Phi) is 8.29. The second kappa shape index (κ2) is 10.9. The number of hydrogen-bond acceptors (Lipinski definition) is 5. The smallest absolute Gasteiger partial charge is 0.292 e. The van der Waals surface area contributed by atoms with E-state index in [1.165, 1.54) is 6.07 Å². The number of Topliss-reactive ketones (excluding diaryl/α,β-unsaturated/α-hetero) is 1. The zero-order chi connectivity index (χ0) is 22.4. The van der Waals surface area contributed by atoms with Crippen molar-refractivity contribution in [2.24, 2.45) is 0 Å². The van der Waals surface area contributed by atoms with Crippen LogP contribution in [-0.2, 0) is 4.79 Å². The Labute approximate surface area is 184 Å². The average molecular weight is 435 g/mol. The predicted molar refractivity (Wildman–Crippen MR) is 117 cm³/mol. The number of amides is 1. The Bertz CT molecular complexity index is 771. The minimum absolute atomic E-state index is 0.00778. The first-order valence-electron chi connectivity index (χ1n) is 11.6. The minimum atomic E-state index is -0.745. The van der Waals surface area contributed by atoms with Crippen LogP contribution >= 0.6 is 0 Å². The second-order valence-electron chi connectivity index (χ2n) is 8.71. The van der Waals surface area contributed by atoms with Crippen LogP contribution in [0.25, 0.3) is 0 Å². The van der Waals surface area contributed by atoms with Gasteiger partial charge in [-0.25, -0.2) is 4.39 Å². The summed E-state index contributed by atoms with van der Waals surface area (Å²) in [5.41, 5.74) is -0.0137. The quantitative estimate of drug-likeness (QED) is 0.323. The molecule has 1 amide bonds. The number of benzene rings is 1. The van der Waals surface area contributed by atoms with E-state index in [0.29, 0.717) is 25.3 Å². The topological polar surface area (TPSA) is 67.9 Å². The van der Waals surface area contributed by atoms with Gasteiger partial charge in [-0.2, -0.15) is 0 Å². The van der Waals surface area contributed by atoms with Gasteiger partial charge in [-0.15, -0.1) is 0 Å². The molecule has 0 aromatic heterocycles. The number of nitrogens with zero attached hydrogens (tertiary/aromatic N) is 1. The average Bonchev–Trinajstić information content (AvgIpc) is 2.95. The molecule has 1 aromatic carbocycles. The van der Waals surface area contributed by atoms with Gasteiger partial charge in [0.15, 0.2) is 17.3 Å². The lowest BCUT2D eigenvalue weighted by Gasteiger charge is -2.36. The molecule has 2 bridgehead atoms. The standard InChI is InChI=1S/C24H35FN2O4/c1-4-6-10-30-21-13-16(12-20(25)23(21)31-11-7-5-2)22(28)24(29)26-17-14-18-8-9-19(15-17)27(18)3/h12-13,17-19H,4-11,14-15H2,1-3H3,(H,26,29)/t17?,18-,19+. The van der Waals surface area contributed by atoms with Crippen LogP contribution in [0.4, 0.5) is 4.39 Å². The summed E-state index contributed by atoms with van der Waals surface area (Å²) in [7, 11) is 2.12. The number of rotatable bonds is 11. The molecule has 31 heavy (non-hydrogen) atoms. The van der Waals surface area contributed by atoms with Crippen molar-refractivity contribution in [1.82, 2.24) is 10.2 Å². The summed E-state index contributed by atoms with van der Waals surface area (Å²) in [5.74, 6) is -1.93. The number of carbonyl (C=O) groups is 2. The van der Waals surface area contributed by atoms with Crippen LogP contribution in [0, 0.1) is 5.82 Å². The van der Waals surface area contributed by atoms with E-state index in [0.717, 1.165) is 57.4 Å². The maximum absolute atomic E-state index is 14.8. The maximum atomic E-state index is 14.8. The largest absolute Gasteiger partial charge is 0.490 e. The monoisotopic (exact) mass is 434 g/mol. The van der Waals surface area contributed by atoms with Gasteiger partial charge in [-0.3, -0.25) is 9.59 Å². The number of unbranched alkanes of at least 4 members (excludes halogenated alkanes) is 2. The van der Waals surface area contributed by atoms with Gasteiger partial charge in [-0.05, 0) is 57.7 Å². The zero-order valence-electron chi connectivity index (χ0n) is 18.9. The van der Waals surface area contributed by atoms with Gasteiger partial charge in [0, 0.05) is 23.7 Å². The third kappa shape index (κ3) is 5.76. The number of halogens is 1. The predicted octanol–water partition coefficient (Wildman–Crippen LogP) is 4.11. The Morgan fingerprint density at radius 1 is 1.06 bits per heavy atom. The number of ether oxygens (including phenoxy) is 2. The maximum Gasteiger partial charge on any atom is 0.292 e. The van der Waals surface area contributed by atoms with Crippen molar-refractivity contribution in [1.29, 1.82) is 0 Å². The van der Waals surface area contributed by atoms with Crippen molar-refractivity contribution in [3.8, 4) is 11.5 Å². The van der Waals surface area contributed by atoms with E-state index < -0.39 is 17.5 Å². The molecule has 2 saturated heterocycles. The molecule has 0 aliphatic carbocycles.